The van der Waals surface area contributed by atoms with Gasteiger partial charge in [0.2, 0.25) is 0 Å². The van der Waals surface area contributed by atoms with Crippen molar-refractivity contribution in [2.75, 3.05) is 5.32 Å². The molecule has 1 aromatic heterocycles. The molecule has 1 atom stereocenters. The maximum atomic E-state index is 13.5. The lowest BCUT2D eigenvalue weighted by Gasteiger charge is -2.39. The summed E-state index contributed by atoms with van der Waals surface area (Å²) in [6, 6.07) is 21.1. The molecule has 166 valence electrons. The normalized spacial score (nSPS) is 19.5. The number of fused-ring (bicyclic) bond motifs is 4. The van der Waals surface area contributed by atoms with E-state index in [4.69, 9.17) is 11.6 Å². The van der Waals surface area contributed by atoms with E-state index >= 15 is 0 Å². The number of allylic oxidation sites excluding steroid dienone is 2. The van der Waals surface area contributed by atoms with Gasteiger partial charge in [-0.1, -0.05) is 61.8 Å². The molecular weight excluding hydrogens is 428 g/mol. The van der Waals surface area contributed by atoms with Gasteiger partial charge in [-0.3, -0.25) is 4.79 Å². The quantitative estimate of drug-likeness (QED) is 0.337. The fourth-order valence-corrected chi connectivity index (χ4v) is 6.17. The minimum absolute atomic E-state index is 0.0617. The van der Waals surface area contributed by atoms with E-state index in [1.165, 1.54) is 21.8 Å². The fraction of sp³-hybridized carbons (Fsp3) is 0.276. The van der Waals surface area contributed by atoms with Crippen LogP contribution in [0, 0.1) is 5.41 Å². The van der Waals surface area contributed by atoms with E-state index in [2.05, 4.69) is 73.1 Å². The zero-order valence-electron chi connectivity index (χ0n) is 19.2. The highest BCUT2D eigenvalue weighted by Crippen LogP contribution is 2.51. The Morgan fingerprint density at radius 2 is 1.73 bits per heavy atom. The topological polar surface area (TPSA) is 34.0 Å². The van der Waals surface area contributed by atoms with Crippen LogP contribution < -0.4 is 5.32 Å². The van der Waals surface area contributed by atoms with Crippen LogP contribution in [0.15, 0.2) is 71.9 Å². The molecule has 4 heteroatoms. The Labute approximate surface area is 199 Å². The van der Waals surface area contributed by atoms with Gasteiger partial charge in [-0.05, 0) is 54.2 Å². The van der Waals surface area contributed by atoms with Crippen LogP contribution in [0.4, 0.5) is 5.69 Å². The standard InChI is InChI=1S/C29H27ClN2O/c1-4-32-24-12-8-6-9-17(24)19-13-22-20(14-25(19)32)27(18-10-5-7-11-21(18)30)28-23(31-22)15-29(2,3)16-26(28)33/h5-14,27,31H,4,15-16H2,1-3H3. The zero-order valence-corrected chi connectivity index (χ0v) is 20.0. The minimum atomic E-state index is -0.165. The summed E-state index contributed by atoms with van der Waals surface area (Å²) >= 11 is 6.74. The van der Waals surface area contributed by atoms with Gasteiger partial charge in [-0.15, -0.1) is 0 Å². The molecule has 0 saturated heterocycles. The van der Waals surface area contributed by atoms with Crippen LogP contribution in [0.1, 0.15) is 50.7 Å². The Bertz CT molecular complexity index is 1490. The van der Waals surface area contributed by atoms with E-state index in [9.17, 15) is 4.79 Å². The number of para-hydroxylation sites is 1. The minimum Gasteiger partial charge on any atom is -0.358 e. The number of aryl methyl sites for hydroxylation is 1. The van der Waals surface area contributed by atoms with E-state index in [1.54, 1.807) is 0 Å². The molecule has 0 fully saturated rings. The van der Waals surface area contributed by atoms with Crippen molar-refractivity contribution in [2.45, 2.75) is 46.1 Å². The second kappa shape index (κ2) is 7.23. The molecule has 1 aliphatic heterocycles. The average Bonchev–Trinajstić information content (AvgIpc) is 3.08. The maximum absolute atomic E-state index is 13.5. The maximum Gasteiger partial charge on any atom is 0.162 e. The van der Waals surface area contributed by atoms with Gasteiger partial charge in [0, 0.05) is 62.7 Å². The smallest absolute Gasteiger partial charge is 0.162 e. The Morgan fingerprint density at radius 1 is 0.970 bits per heavy atom. The number of nitrogens with one attached hydrogen (secondary N) is 1. The summed E-state index contributed by atoms with van der Waals surface area (Å²) in [5, 5.41) is 6.89. The van der Waals surface area contributed by atoms with Crippen LogP contribution in [-0.4, -0.2) is 10.4 Å². The van der Waals surface area contributed by atoms with Crippen LogP contribution in [0.3, 0.4) is 0 Å². The molecule has 0 spiro atoms. The third kappa shape index (κ3) is 3.06. The lowest BCUT2D eigenvalue weighted by molar-refractivity contribution is -0.118. The van der Waals surface area contributed by atoms with Crippen molar-refractivity contribution in [2.24, 2.45) is 5.41 Å². The van der Waals surface area contributed by atoms with Crippen LogP contribution in [0.5, 0.6) is 0 Å². The lowest BCUT2D eigenvalue weighted by Crippen LogP contribution is -2.33. The molecule has 3 nitrogen and oxygen atoms in total. The third-order valence-electron chi connectivity index (χ3n) is 7.28. The third-order valence-corrected chi connectivity index (χ3v) is 7.63. The van der Waals surface area contributed by atoms with Gasteiger partial charge in [0.25, 0.3) is 0 Å². The Hall–Kier alpha value is -3.04. The molecule has 2 aliphatic rings. The Kier molecular flexibility index (Phi) is 4.50. The predicted octanol–water partition coefficient (Wildman–Crippen LogP) is 7.67. The molecule has 1 aliphatic carbocycles. The number of carbonyl (C=O) groups excluding carboxylic acids is 1. The summed E-state index contributed by atoms with van der Waals surface area (Å²) in [7, 11) is 0. The Morgan fingerprint density at radius 3 is 2.52 bits per heavy atom. The fourth-order valence-electron chi connectivity index (χ4n) is 5.93. The number of aromatic nitrogens is 1. The van der Waals surface area contributed by atoms with Gasteiger partial charge < -0.3 is 9.88 Å². The second-order valence-electron chi connectivity index (χ2n) is 10.1. The highest BCUT2D eigenvalue weighted by Gasteiger charge is 2.41. The van der Waals surface area contributed by atoms with Crippen LogP contribution >= 0.6 is 11.6 Å². The highest BCUT2D eigenvalue weighted by molar-refractivity contribution is 6.31. The summed E-state index contributed by atoms with van der Waals surface area (Å²) in [5.74, 6) is 0.0571. The number of hydrogen-bond acceptors (Lipinski definition) is 2. The molecule has 1 N–H and O–H groups in total. The first-order valence-corrected chi connectivity index (χ1v) is 12.1. The van der Waals surface area contributed by atoms with Crippen molar-refractivity contribution in [3.05, 3.63) is 88.1 Å². The van der Waals surface area contributed by atoms with Crippen molar-refractivity contribution in [1.29, 1.82) is 0 Å². The summed E-state index contributed by atoms with van der Waals surface area (Å²) in [6.07, 6.45) is 1.41. The van der Waals surface area contributed by atoms with Crippen molar-refractivity contribution in [3.63, 3.8) is 0 Å². The van der Waals surface area contributed by atoms with Crippen molar-refractivity contribution in [1.82, 2.24) is 4.57 Å². The van der Waals surface area contributed by atoms with E-state index in [0.717, 1.165) is 41.1 Å². The van der Waals surface area contributed by atoms with Crippen LogP contribution in [0.25, 0.3) is 21.8 Å². The second-order valence-corrected chi connectivity index (χ2v) is 10.5. The number of halogens is 1. The van der Waals surface area contributed by atoms with Gasteiger partial charge in [0.05, 0.1) is 0 Å². The van der Waals surface area contributed by atoms with E-state index < -0.39 is 0 Å². The first-order valence-electron chi connectivity index (χ1n) is 11.7. The van der Waals surface area contributed by atoms with Crippen LogP contribution in [0.2, 0.25) is 5.02 Å². The van der Waals surface area contributed by atoms with Crippen molar-refractivity contribution < 1.29 is 4.79 Å². The molecule has 0 bridgehead atoms. The number of Topliss-reactive ketones (excluding diaryl/α,β-unsaturated/α-hetero) is 1. The molecule has 0 radical (unpaired) electrons. The average molecular weight is 455 g/mol. The van der Waals surface area contributed by atoms with Crippen molar-refractivity contribution in [3.8, 4) is 0 Å². The molecular formula is C29H27ClN2O. The Balaban J connectivity index is 1.68. The molecule has 3 aromatic carbocycles. The predicted molar refractivity (Wildman–Crippen MR) is 137 cm³/mol. The first kappa shape index (κ1) is 20.6. The summed E-state index contributed by atoms with van der Waals surface area (Å²) in [5.41, 5.74) is 7.51. The number of benzene rings is 3. The van der Waals surface area contributed by atoms with E-state index in [0.29, 0.717) is 11.4 Å². The van der Waals surface area contributed by atoms with Gasteiger partial charge >= 0.3 is 0 Å². The molecule has 2 heterocycles. The highest BCUT2D eigenvalue weighted by atomic mass is 35.5. The summed E-state index contributed by atoms with van der Waals surface area (Å²) < 4.78 is 2.37. The van der Waals surface area contributed by atoms with Crippen molar-refractivity contribution >= 4 is 44.9 Å². The van der Waals surface area contributed by atoms with E-state index in [1.807, 2.05) is 18.2 Å². The number of hydrogen-bond donors (Lipinski definition) is 1. The SMILES string of the molecule is CCn1c2ccccc2c2cc3c(cc21)C(c1ccccc1Cl)C1=C(CC(C)(C)CC1=O)N3. The summed E-state index contributed by atoms with van der Waals surface area (Å²) in [4.78, 5) is 13.5. The monoisotopic (exact) mass is 454 g/mol. The van der Waals surface area contributed by atoms with Gasteiger partial charge in [0.15, 0.2) is 5.78 Å². The van der Waals surface area contributed by atoms with Gasteiger partial charge in [-0.2, -0.15) is 0 Å². The molecule has 0 amide bonds. The molecule has 1 unspecified atom stereocenters. The lowest BCUT2D eigenvalue weighted by atomic mass is 9.68. The molecule has 33 heavy (non-hydrogen) atoms. The molecule has 0 saturated carbocycles. The number of anilines is 1. The van der Waals surface area contributed by atoms with Gasteiger partial charge in [-0.25, -0.2) is 0 Å². The van der Waals surface area contributed by atoms with E-state index in [-0.39, 0.29) is 17.1 Å². The molecule has 6 rings (SSSR count). The number of rotatable bonds is 2. The molecule has 4 aromatic rings. The van der Waals surface area contributed by atoms with Crippen LogP contribution in [-0.2, 0) is 11.3 Å². The number of ketones is 1. The number of nitrogens with zero attached hydrogens (tertiary/aromatic N) is 1. The first-order chi connectivity index (χ1) is 15.9. The van der Waals surface area contributed by atoms with Gasteiger partial charge in [0.1, 0.15) is 0 Å². The largest absolute Gasteiger partial charge is 0.358 e. The number of carbonyl (C=O) groups is 1. The zero-order chi connectivity index (χ0) is 22.9. The summed E-state index contributed by atoms with van der Waals surface area (Å²) in [6.45, 7) is 7.42.